The number of nitrogens with zero attached hydrogens (tertiary/aromatic N) is 2. The van der Waals surface area contributed by atoms with E-state index in [4.69, 9.17) is 14.2 Å². The summed E-state index contributed by atoms with van der Waals surface area (Å²) in [5.74, 6) is 2.95. The Morgan fingerprint density at radius 1 is 0.857 bits per heavy atom. The number of ether oxygens (including phenoxy) is 3. The molecule has 0 unspecified atom stereocenters. The molecular formula is C26H25BrN4O4. The monoisotopic (exact) mass is 536 g/mol. The van der Waals surface area contributed by atoms with Gasteiger partial charge in [0.15, 0.2) is 11.5 Å². The van der Waals surface area contributed by atoms with Crippen LogP contribution in [0.4, 0.5) is 16.3 Å². The Balaban J connectivity index is 1.56. The molecule has 0 bridgehead atoms. The summed E-state index contributed by atoms with van der Waals surface area (Å²) in [5, 5.41) is 6.43. The number of amides is 2. The molecule has 4 rings (SSSR count). The van der Waals surface area contributed by atoms with Gasteiger partial charge in [-0.15, -0.1) is 0 Å². The molecule has 2 amide bonds. The quantitative estimate of drug-likeness (QED) is 0.282. The number of aromatic nitrogens is 2. The molecule has 0 spiro atoms. The van der Waals surface area contributed by atoms with Crippen molar-refractivity contribution >= 4 is 44.4 Å². The minimum Gasteiger partial charge on any atom is -0.493 e. The van der Waals surface area contributed by atoms with Crippen molar-refractivity contribution < 1.29 is 19.0 Å². The van der Waals surface area contributed by atoms with E-state index in [1.54, 1.807) is 32.5 Å². The average molecular weight is 537 g/mol. The van der Waals surface area contributed by atoms with E-state index in [1.165, 1.54) is 0 Å². The standard InChI is InChI=1S/C26H25BrN4O4/c1-14-11-22(35-21-8-9-28-20-13-24(34-5)23(33-4)12-17(20)21)15(2)10-19(14)30-26(32)31-25-7-6-18(27)16(3)29-25/h6-13H,1-5H3,(H2,29,30,31,32). The van der Waals surface area contributed by atoms with E-state index in [2.05, 4.69) is 36.5 Å². The minimum absolute atomic E-state index is 0.378. The highest BCUT2D eigenvalue weighted by atomic mass is 79.9. The predicted octanol–water partition coefficient (Wildman–Crippen LogP) is 6.77. The Kier molecular flexibility index (Phi) is 7.07. The highest BCUT2D eigenvalue weighted by molar-refractivity contribution is 9.10. The maximum absolute atomic E-state index is 12.5. The van der Waals surface area contributed by atoms with Crippen molar-refractivity contribution in [1.29, 1.82) is 0 Å². The number of aryl methyl sites for hydroxylation is 3. The third-order valence-electron chi connectivity index (χ3n) is 5.46. The van der Waals surface area contributed by atoms with Crippen LogP contribution >= 0.6 is 15.9 Å². The van der Waals surface area contributed by atoms with E-state index in [9.17, 15) is 4.79 Å². The van der Waals surface area contributed by atoms with Gasteiger partial charge in [-0.3, -0.25) is 10.3 Å². The Labute approximate surface area is 211 Å². The van der Waals surface area contributed by atoms with Gasteiger partial charge in [0.2, 0.25) is 0 Å². The largest absolute Gasteiger partial charge is 0.493 e. The molecule has 2 aromatic heterocycles. The van der Waals surface area contributed by atoms with Crippen LogP contribution in [0, 0.1) is 20.8 Å². The Morgan fingerprint density at radius 2 is 1.60 bits per heavy atom. The number of halogens is 1. The number of hydrogen-bond donors (Lipinski definition) is 2. The zero-order valence-electron chi connectivity index (χ0n) is 20.0. The molecule has 35 heavy (non-hydrogen) atoms. The van der Waals surface area contributed by atoms with Crippen LogP contribution in [-0.2, 0) is 0 Å². The molecule has 2 aromatic carbocycles. The molecule has 8 nitrogen and oxygen atoms in total. The Bertz CT molecular complexity index is 1420. The third-order valence-corrected chi connectivity index (χ3v) is 6.30. The van der Waals surface area contributed by atoms with Crippen molar-refractivity contribution in [1.82, 2.24) is 9.97 Å². The fraction of sp³-hybridized carbons (Fsp3) is 0.192. The maximum atomic E-state index is 12.5. The van der Waals surface area contributed by atoms with E-state index in [1.807, 2.05) is 51.1 Å². The number of hydrogen-bond acceptors (Lipinski definition) is 6. The minimum atomic E-state index is -0.378. The summed E-state index contributed by atoms with van der Waals surface area (Å²) in [6, 6.07) is 12.4. The molecule has 0 aliphatic heterocycles. The second-order valence-corrected chi connectivity index (χ2v) is 8.77. The number of benzene rings is 2. The molecule has 0 aliphatic rings. The molecule has 180 valence electrons. The van der Waals surface area contributed by atoms with Gasteiger partial charge in [-0.2, -0.15) is 0 Å². The number of urea groups is 1. The number of anilines is 2. The molecule has 2 N–H and O–H groups in total. The van der Waals surface area contributed by atoms with Crippen molar-refractivity contribution in [3.8, 4) is 23.0 Å². The number of nitrogens with one attached hydrogen (secondary N) is 2. The molecule has 0 fully saturated rings. The summed E-state index contributed by atoms with van der Waals surface area (Å²) >= 11 is 3.41. The second kappa shape index (κ2) is 10.2. The lowest BCUT2D eigenvalue weighted by atomic mass is 10.1. The number of methoxy groups -OCH3 is 2. The third kappa shape index (κ3) is 5.30. The summed E-state index contributed by atoms with van der Waals surface area (Å²) in [6.07, 6.45) is 1.68. The first-order valence-corrected chi connectivity index (χ1v) is 11.6. The molecule has 2 heterocycles. The van der Waals surface area contributed by atoms with E-state index in [0.29, 0.717) is 34.5 Å². The first kappa shape index (κ1) is 24.3. The SMILES string of the molecule is COc1cc2nccc(Oc3cc(C)c(NC(=O)Nc4ccc(Br)c(C)n4)cc3C)c2cc1OC. The fourth-order valence-electron chi connectivity index (χ4n) is 3.57. The van der Waals surface area contributed by atoms with E-state index >= 15 is 0 Å². The van der Waals surface area contributed by atoms with E-state index in [0.717, 1.165) is 32.2 Å². The van der Waals surface area contributed by atoms with Gasteiger partial charge in [0.1, 0.15) is 17.3 Å². The molecular weight excluding hydrogens is 512 g/mol. The highest BCUT2D eigenvalue weighted by Crippen LogP contribution is 2.38. The smallest absolute Gasteiger partial charge is 0.324 e. The van der Waals surface area contributed by atoms with Crippen LogP contribution in [-0.4, -0.2) is 30.2 Å². The summed E-state index contributed by atoms with van der Waals surface area (Å²) in [5.41, 5.74) is 3.89. The second-order valence-electron chi connectivity index (χ2n) is 7.91. The fourth-order valence-corrected chi connectivity index (χ4v) is 3.79. The predicted molar refractivity (Wildman–Crippen MR) is 140 cm³/mol. The first-order chi connectivity index (χ1) is 16.8. The zero-order chi connectivity index (χ0) is 25.1. The van der Waals surface area contributed by atoms with Gasteiger partial charge in [0, 0.05) is 27.8 Å². The first-order valence-electron chi connectivity index (χ1n) is 10.8. The Hall–Kier alpha value is -3.85. The summed E-state index contributed by atoms with van der Waals surface area (Å²) in [6.45, 7) is 5.69. The van der Waals surface area contributed by atoms with Crippen LogP contribution in [0.3, 0.4) is 0 Å². The summed E-state index contributed by atoms with van der Waals surface area (Å²) < 4.78 is 18.0. The molecule has 0 saturated carbocycles. The normalized spacial score (nSPS) is 10.7. The molecule has 0 radical (unpaired) electrons. The zero-order valence-corrected chi connectivity index (χ0v) is 21.6. The topological polar surface area (TPSA) is 94.6 Å². The van der Waals surface area contributed by atoms with Crippen LogP contribution in [0.15, 0.2) is 53.1 Å². The van der Waals surface area contributed by atoms with Gasteiger partial charge in [-0.1, -0.05) is 0 Å². The van der Waals surface area contributed by atoms with Gasteiger partial charge < -0.3 is 19.5 Å². The van der Waals surface area contributed by atoms with Crippen LogP contribution in [0.1, 0.15) is 16.8 Å². The van der Waals surface area contributed by atoms with Gasteiger partial charge >= 0.3 is 6.03 Å². The number of carbonyl (C=O) groups is 1. The lowest BCUT2D eigenvalue weighted by Crippen LogP contribution is -2.21. The van der Waals surface area contributed by atoms with Crippen LogP contribution in [0.2, 0.25) is 0 Å². The molecule has 0 atom stereocenters. The van der Waals surface area contributed by atoms with Crippen LogP contribution in [0.25, 0.3) is 10.9 Å². The van der Waals surface area contributed by atoms with Crippen molar-refractivity contribution in [3.63, 3.8) is 0 Å². The molecule has 0 saturated heterocycles. The number of pyridine rings is 2. The van der Waals surface area contributed by atoms with Crippen LogP contribution < -0.4 is 24.8 Å². The lowest BCUT2D eigenvalue weighted by molar-refractivity contribution is 0.262. The molecule has 9 heteroatoms. The van der Waals surface area contributed by atoms with Crippen molar-refractivity contribution in [2.45, 2.75) is 20.8 Å². The van der Waals surface area contributed by atoms with E-state index < -0.39 is 0 Å². The Morgan fingerprint density at radius 3 is 2.31 bits per heavy atom. The summed E-state index contributed by atoms with van der Waals surface area (Å²) in [7, 11) is 3.17. The van der Waals surface area contributed by atoms with Crippen molar-refractivity contribution in [3.05, 3.63) is 70.0 Å². The lowest BCUT2D eigenvalue weighted by Gasteiger charge is -2.16. The van der Waals surface area contributed by atoms with Gasteiger partial charge in [0.25, 0.3) is 0 Å². The number of fused-ring (bicyclic) bond motifs is 1. The van der Waals surface area contributed by atoms with Gasteiger partial charge in [0.05, 0.1) is 25.4 Å². The van der Waals surface area contributed by atoms with Crippen molar-refractivity contribution in [2.24, 2.45) is 0 Å². The van der Waals surface area contributed by atoms with Crippen molar-refractivity contribution in [2.75, 3.05) is 24.9 Å². The molecule has 4 aromatic rings. The van der Waals surface area contributed by atoms with E-state index in [-0.39, 0.29) is 6.03 Å². The average Bonchev–Trinajstić information content (AvgIpc) is 2.83. The number of carbonyl (C=O) groups excluding carboxylic acids is 1. The number of rotatable bonds is 6. The van der Waals surface area contributed by atoms with Gasteiger partial charge in [-0.25, -0.2) is 9.78 Å². The molecule has 0 aliphatic carbocycles. The maximum Gasteiger partial charge on any atom is 0.324 e. The highest BCUT2D eigenvalue weighted by Gasteiger charge is 2.14. The van der Waals surface area contributed by atoms with Gasteiger partial charge in [-0.05, 0) is 84.2 Å². The van der Waals surface area contributed by atoms with Crippen LogP contribution in [0.5, 0.6) is 23.0 Å². The summed E-state index contributed by atoms with van der Waals surface area (Å²) in [4.78, 5) is 21.3.